The molecule has 2 aromatic rings. The number of nitrogens with zero attached hydrogens (tertiary/aromatic N) is 1. The van der Waals surface area contributed by atoms with Gasteiger partial charge in [-0.15, -0.1) is 11.3 Å². The number of fused-ring (bicyclic) bond motifs is 1. The third-order valence-corrected chi connectivity index (χ3v) is 5.06. The average molecular weight is 352 g/mol. The Labute approximate surface area is 143 Å². The van der Waals surface area contributed by atoms with Crippen LogP contribution in [0.4, 0.5) is 5.13 Å². The van der Waals surface area contributed by atoms with E-state index in [-0.39, 0.29) is 11.8 Å². The van der Waals surface area contributed by atoms with E-state index in [1.807, 2.05) is 25.1 Å². The molecule has 3 N–H and O–H groups in total. The number of hydrogen-bond donors (Lipinski definition) is 2. The van der Waals surface area contributed by atoms with Crippen LogP contribution in [0.3, 0.4) is 0 Å². The molecule has 0 aliphatic carbocycles. The lowest BCUT2D eigenvalue weighted by molar-refractivity contribution is -0.121. The lowest BCUT2D eigenvalue weighted by Gasteiger charge is -2.15. The minimum Gasteiger partial charge on any atom is -0.492 e. The molecule has 3 rings (SSSR count). The number of nitrogens with one attached hydrogen (secondary N) is 1. The van der Waals surface area contributed by atoms with E-state index in [1.54, 1.807) is 0 Å². The van der Waals surface area contributed by atoms with Crippen LogP contribution < -0.4 is 15.8 Å². The molecule has 23 heavy (non-hydrogen) atoms. The van der Waals surface area contributed by atoms with Crippen molar-refractivity contribution in [1.82, 2.24) is 10.3 Å². The quantitative estimate of drug-likeness (QED) is 0.885. The molecule has 0 spiro atoms. The number of benzene rings is 1. The second-order valence-corrected chi connectivity index (χ2v) is 6.90. The number of carbonyl (C=O) groups is 1. The van der Waals surface area contributed by atoms with Gasteiger partial charge in [-0.05, 0) is 24.1 Å². The second kappa shape index (κ2) is 6.76. The predicted molar refractivity (Wildman–Crippen MR) is 92.1 cm³/mol. The topological polar surface area (TPSA) is 77.2 Å². The van der Waals surface area contributed by atoms with Crippen LogP contribution in [0, 0.1) is 0 Å². The Kier molecular flexibility index (Phi) is 4.73. The first-order chi connectivity index (χ1) is 11.1. The molecule has 5 nitrogen and oxygen atoms in total. The van der Waals surface area contributed by atoms with E-state index in [0.29, 0.717) is 35.5 Å². The van der Waals surface area contributed by atoms with Crippen LogP contribution in [-0.2, 0) is 11.3 Å². The molecule has 0 fully saturated rings. The van der Waals surface area contributed by atoms with Crippen molar-refractivity contribution in [2.75, 3.05) is 12.3 Å². The minimum absolute atomic E-state index is 0.00111. The number of rotatable bonds is 4. The van der Waals surface area contributed by atoms with Crippen molar-refractivity contribution in [2.45, 2.75) is 32.2 Å². The van der Waals surface area contributed by atoms with Gasteiger partial charge in [0.15, 0.2) is 5.13 Å². The molecule has 0 bridgehead atoms. The molecule has 1 atom stereocenters. The maximum absolute atomic E-state index is 12.0. The van der Waals surface area contributed by atoms with Crippen LogP contribution in [0.5, 0.6) is 5.75 Å². The minimum atomic E-state index is -0.0833. The fraction of sp³-hybridized carbons (Fsp3) is 0.375. The highest BCUT2D eigenvalue weighted by molar-refractivity contribution is 7.15. The Morgan fingerprint density at radius 2 is 2.35 bits per heavy atom. The van der Waals surface area contributed by atoms with Crippen molar-refractivity contribution < 1.29 is 9.53 Å². The Morgan fingerprint density at radius 3 is 3.09 bits per heavy atom. The van der Waals surface area contributed by atoms with Gasteiger partial charge in [-0.3, -0.25) is 4.79 Å². The van der Waals surface area contributed by atoms with Crippen molar-refractivity contribution >= 4 is 34.0 Å². The van der Waals surface area contributed by atoms with E-state index in [2.05, 4.69) is 10.3 Å². The maximum Gasteiger partial charge on any atom is 0.221 e. The molecule has 0 saturated heterocycles. The summed E-state index contributed by atoms with van der Waals surface area (Å²) in [7, 11) is 0. The Hall–Kier alpha value is -1.79. The molecule has 0 radical (unpaired) electrons. The SMILES string of the molecule is CCCOc1ccc(C2CC(=O)NCc3nc(N)sc32)cc1Cl. The third kappa shape index (κ3) is 3.43. The first kappa shape index (κ1) is 16.1. The van der Waals surface area contributed by atoms with Gasteiger partial charge in [0.1, 0.15) is 5.75 Å². The van der Waals surface area contributed by atoms with Crippen LogP contribution in [0.15, 0.2) is 18.2 Å². The number of carbonyl (C=O) groups excluding carboxylic acids is 1. The van der Waals surface area contributed by atoms with Crippen LogP contribution >= 0.6 is 22.9 Å². The van der Waals surface area contributed by atoms with E-state index in [4.69, 9.17) is 22.1 Å². The summed E-state index contributed by atoms with van der Waals surface area (Å²) >= 11 is 7.76. The zero-order valence-corrected chi connectivity index (χ0v) is 14.3. The lowest BCUT2D eigenvalue weighted by Crippen LogP contribution is -2.21. The van der Waals surface area contributed by atoms with Gasteiger partial charge in [-0.1, -0.05) is 24.6 Å². The smallest absolute Gasteiger partial charge is 0.221 e. The van der Waals surface area contributed by atoms with Crippen molar-refractivity contribution in [2.24, 2.45) is 0 Å². The summed E-state index contributed by atoms with van der Waals surface area (Å²) in [5.41, 5.74) is 7.65. The molecule has 1 unspecified atom stereocenters. The van der Waals surface area contributed by atoms with Gasteiger partial charge in [0.2, 0.25) is 5.91 Å². The zero-order chi connectivity index (χ0) is 16.4. The van der Waals surface area contributed by atoms with Gasteiger partial charge in [-0.25, -0.2) is 4.98 Å². The number of halogens is 1. The Balaban J connectivity index is 1.96. The van der Waals surface area contributed by atoms with Gasteiger partial charge in [0, 0.05) is 17.2 Å². The van der Waals surface area contributed by atoms with Gasteiger partial charge in [0.25, 0.3) is 0 Å². The highest BCUT2D eigenvalue weighted by Gasteiger charge is 2.28. The molecule has 1 aromatic heterocycles. The summed E-state index contributed by atoms with van der Waals surface area (Å²) in [4.78, 5) is 17.3. The summed E-state index contributed by atoms with van der Waals surface area (Å²) < 4.78 is 5.61. The summed E-state index contributed by atoms with van der Waals surface area (Å²) in [5.74, 6) is 0.584. The van der Waals surface area contributed by atoms with Gasteiger partial charge < -0.3 is 15.8 Å². The van der Waals surface area contributed by atoms with E-state index in [0.717, 1.165) is 22.6 Å². The normalized spacial score (nSPS) is 17.3. The number of nitrogen functional groups attached to an aromatic ring is 1. The summed E-state index contributed by atoms with van der Waals surface area (Å²) in [5, 5.41) is 3.93. The highest BCUT2D eigenvalue weighted by atomic mass is 35.5. The Morgan fingerprint density at radius 1 is 1.52 bits per heavy atom. The van der Waals surface area contributed by atoms with Crippen LogP contribution in [-0.4, -0.2) is 17.5 Å². The molecule has 1 aliphatic rings. The average Bonchev–Trinajstić information content (AvgIpc) is 2.83. The van der Waals surface area contributed by atoms with Crippen molar-refractivity contribution in [3.05, 3.63) is 39.4 Å². The fourth-order valence-electron chi connectivity index (χ4n) is 2.65. The number of nitrogens with two attached hydrogens (primary N) is 1. The molecule has 122 valence electrons. The molecular formula is C16H18ClN3O2S. The van der Waals surface area contributed by atoms with E-state index < -0.39 is 0 Å². The van der Waals surface area contributed by atoms with Crippen LogP contribution in [0.1, 0.15) is 41.8 Å². The maximum atomic E-state index is 12.0. The van der Waals surface area contributed by atoms with Crippen molar-refractivity contribution in [3.63, 3.8) is 0 Å². The monoisotopic (exact) mass is 351 g/mol. The highest BCUT2D eigenvalue weighted by Crippen LogP contribution is 2.39. The summed E-state index contributed by atoms with van der Waals surface area (Å²) in [6, 6.07) is 5.69. The molecule has 1 aromatic carbocycles. The van der Waals surface area contributed by atoms with E-state index >= 15 is 0 Å². The largest absolute Gasteiger partial charge is 0.492 e. The molecule has 0 saturated carbocycles. The molecule has 7 heteroatoms. The van der Waals surface area contributed by atoms with Gasteiger partial charge in [0.05, 0.1) is 23.9 Å². The van der Waals surface area contributed by atoms with Crippen LogP contribution in [0.2, 0.25) is 5.02 Å². The van der Waals surface area contributed by atoms with E-state index in [9.17, 15) is 4.79 Å². The third-order valence-electron chi connectivity index (χ3n) is 3.72. The standard InChI is InChI=1S/C16H18ClN3O2S/c1-2-5-22-13-4-3-9(6-11(13)17)10-7-14(21)19-8-12-15(10)23-16(18)20-12/h3-4,6,10H,2,5,7-8H2,1H3,(H2,18,20)(H,19,21). The molecule has 2 heterocycles. The number of hydrogen-bond acceptors (Lipinski definition) is 5. The second-order valence-electron chi connectivity index (χ2n) is 5.43. The molecular weight excluding hydrogens is 334 g/mol. The number of amides is 1. The van der Waals surface area contributed by atoms with Crippen molar-refractivity contribution in [3.8, 4) is 5.75 Å². The predicted octanol–water partition coefficient (Wildman–Crippen LogP) is 3.32. The number of ether oxygens (including phenoxy) is 1. The Bertz CT molecular complexity index is 732. The van der Waals surface area contributed by atoms with Crippen LogP contribution in [0.25, 0.3) is 0 Å². The van der Waals surface area contributed by atoms with E-state index in [1.165, 1.54) is 11.3 Å². The molecule has 1 amide bonds. The fourth-order valence-corrected chi connectivity index (χ4v) is 3.87. The first-order valence-electron chi connectivity index (χ1n) is 7.52. The zero-order valence-electron chi connectivity index (χ0n) is 12.8. The summed E-state index contributed by atoms with van der Waals surface area (Å²) in [6.07, 6.45) is 1.28. The number of thiazole rings is 1. The van der Waals surface area contributed by atoms with Gasteiger partial charge in [-0.2, -0.15) is 0 Å². The summed E-state index contributed by atoms with van der Waals surface area (Å²) in [6.45, 7) is 3.09. The number of anilines is 1. The number of aromatic nitrogens is 1. The molecule has 1 aliphatic heterocycles. The first-order valence-corrected chi connectivity index (χ1v) is 8.72. The lowest BCUT2D eigenvalue weighted by atomic mass is 9.93. The van der Waals surface area contributed by atoms with Crippen molar-refractivity contribution in [1.29, 1.82) is 0 Å². The van der Waals surface area contributed by atoms with Gasteiger partial charge >= 0.3 is 0 Å².